The van der Waals surface area contributed by atoms with Gasteiger partial charge in [0.05, 0.1) is 31.4 Å². The van der Waals surface area contributed by atoms with E-state index in [1.165, 1.54) is 41.3 Å². The Morgan fingerprint density at radius 3 is 2.65 bits per heavy atom. The normalized spacial score (nSPS) is 17.1. The number of carbonyl (C=O) groups is 2. The third kappa shape index (κ3) is 3.77. The summed E-state index contributed by atoms with van der Waals surface area (Å²) in [6, 6.07) is 6.99. The zero-order valence-corrected chi connectivity index (χ0v) is 13.7. The molecule has 3 rings (SSSR count). The highest BCUT2D eigenvalue weighted by molar-refractivity contribution is 5.92. The maximum absolute atomic E-state index is 13.1. The van der Waals surface area contributed by atoms with E-state index in [1.54, 1.807) is 0 Å². The van der Waals surface area contributed by atoms with Crippen molar-refractivity contribution in [2.75, 3.05) is 19.8 Å². The van der Waals surface area contributed by atoms with Crippen molar-refractivity contribution in [3.05, 3.63) is 58.3 Å². The summed E-state index contributed by atoms with van der Waals surface area (Å²) in [5, 5.41) is 13.1. The summed E-state index contributed by atoms with van der Waals surface area (Å²) < 4.78 is 19.3. The predicted molar refractivity (Wildman–Crippen MR) is 87.7 cm³/mol. The van der Waals surface area contributed by atoms with Crippen molar-refractivity contribution >= 4 is 11.9 Å². The molecule has 0 saturated carbocycles. The van der Waals surface area contributed by atoms with E-state index in [1.807, 2.05) is 0 Å². The molecular weight excluding hydrogens is 345 g/mol. The van der Waals surface area contributed by atoms with Crippen LogP contribution in [0.25, 0.3) is 5.69 Å². The first-order valence-electron chi connectivity index (χ1n) is 7.92. The van der Waals surface area contributed by atoms with Crippen LogP contribution in [0.3, 0.4) is 0 Å². The molecule has 1 unspecified atom stereocenters. The van der Waals surface area contributed by atoms with Crippen molar-refractivity contribution in [1.29, 1.82) is 0 Å². The minimum atomic E-state index is -1.04. The van der Waals surface area contributed by atoms with Gasteiger partial charge in [0, 0.05) is 12.6 Å². The van der Waals surface area contributed by atoms with Crippen LogP contribution in [0.2, 0.25) is 0 Å². The molecule has 0 spiro atoms. The lowest BCUT2D eigenvalue weighted by Gasteiger charge is -2.34. The SMILES string of the molecule is O=C(O)CC1COCCN1C(=O)c1ccc(=O)n(-c2ccc(F)cc2)n1. The fraction of sp³-hybridized carbons (Fsp3) is 0.294. The first kappa shape index (κ1) is 17.7. The molecule has 0 bridgehead atoms. The number of carboxylic acid groups (broad SMARTS) is 1. The summed E-state index contributed by atoms with van der Waals surface area (Å²) >= 11 is 0. The standard InChI is InChI=1S/C17H16FN3O5/c18-11-1-3-12(4-2-11)21-15(22)6-5-14(19-21)17(25)20-7-8-26-10-13(20)9-16(23)24/h1-6,13H,7-10H2,(H,23,24). The van der Waals surface area contributed by atoms with Gasteiger partial charge in [-0.1, -0.05) is 0 Å². The zero-order chi connectivity index (χ0) is 18.7. The van der Waals surface area contributed by atoms with Gasteiger partial charge in [-0.25, -0.2) is 4.39 Å². The molecular formula is C17H16FN3O5. The summed E-state index contributed by atoms with van der Waals surface area (Å²) in [4.78, 5) is 37.2. The second kappa shape index (κ2) is 7.44. The molecule has 1 fully saturated rings. The highest BCUT2D eigenvalue weighted by Crippen LogP contribution is 2.14. The van der Waals surface area contributed by atoms with Crippen molar-refractivity contribution in [3.63, 3.8) is 0 Å². The minimum Gasteiger partial charge on any atom is -0.481 e. The number of morpholine rings is 1. The van der Waals surface area contributed by atoms with Crippen molar-refractivity contribution in [1.82, 2.24) is 14.7 Å². The van der Waals surface area contributed by atoms with Gasteiger partial charge in [-0.2, -0.15) is 9.78 Å². The molecule has 136 valence electrons. The number of hydrogen-bond acceptors (Lipinski definition) is 5. The number of nitrogens with zero attached hydrogens (tertiary/aromatic N) is 3. The Balaban J connectivity index is 1.92. The fourth-order valence-corrected chi connectivity index (χ4v) is 2.73. The van der Waals surface area contributed by atoms with Crippen LogP contribution in [-0.2, 0) is 9.53 Å². The second-order valence-electron chi connectivity index (χ2n) is 5.77. The van der Waals surface area contributed by atoms with Crippen molar-refractivity contribution in [2.24, 2.45) is 0 Å². The maximum atomic E-state index is 13.1. The van der Waals surface area contributed by atoms with Gasteiger partial charge in [0.25, 0.3) is 11.5 Å². The molecule has 9 heteroatoms. The number of amides is 1. The number of halogens is 1. The van der Waals surface area contributed by atoms with Crippen LogP contribution in [0.5, 0.6) is 0 Å². The topological polar surface area (TPSA) is 102 Å². The molecule has 1 saturated heterocycles. The monoisotopic (exact) mass is 361 g/mol. The number of rotatable bonds is 4. The number of aliphatic carboxylic acids is 1. The highest BCUT2D eigenvalue weighted by Gasteiger charge is 2.30. The van der Waals surface area contributed by atoms with Gasteiger partial charge in [-0.05, 0) is 30.3 Å². The number of aromatic nitrogens is 2. The first-order valence-corrected chi connectivity index (χ1v) is 7.92. The number of benzene rings is 1. The Labute approximate surface area is 147 Å². The Morgan fingerprint density at radius 1 is 1.23 bits per heavy atom. The largest absolute Gasteiger partial charge is 0.481 e. The third-order valence-electron chi connectivity index (χ3n) is 3.99. The molecule has 1 atom stereocenters. The van der Waals surface area contributed by atoms with Gasteiger partial charge in [-0.15, -0.1) is 0 Å². The predicted octanol–water partition coefficient (Wildman–Crippen LogP) is 0.687. The molecule has 1 aliphatic rings. The van der Waals surface area contributed by atoms with E-state index in [0.717, 1.165) is 4.68 Å². The lowest BCUT2D eigenvalue weighted by Crippen LogP contribution is -2.50. The molecule has 1 N–H and O–H groups in total. The van der Waals surface area contributed by atoms with Gasteiger partial charge in [0.1, 0.15) is 11.5 Å². The summed E-state index contributed by atoms with van der Waals surface area (Å²) in [6.07, 6.45) is -0.247. The fourth-order valence-electron chi connectivity index (χ4n) is 2.73. The van der Waals surface area contributed by atoms with Gasteiger partial charge in [-0.3, -0.25) is 14.4 Å². The van der Waals surface area contributed by atoms with Crippen LogP contribution in [0.4, 0.5) is 4.39 Å². The lowest BCUT2D eigenvalue weighted by atomic mass is 10.1. The quantitative estimate of drug-likeness (QED) is 0.860. The minimum absolute atomic E-state index is 0.00814. The van der Waals surface area contributed by atoms with Crippen LogP contribution >= 0.6 is 0 Å². The third-order valence-corrected chi connectivity index (χ3v) is 3.99. The van der Waals surface area contributed by atoms with E-state index in [0.29, 0.717) is 12.3 Å². The van der Waals surface area contributed by atoms with Crippen LogP contribution in [-0.4, -0.2) is 57.5 Å². The number of hydrogen-bond donors (Lipinski definition) is 1. The highest BCUT2D eigenvalue weighted by atomic mass is 19.1. The Hall–Kier alpha value is -3.07. The molecule has 1 aromatic carbocycles. The molecule has 1 aliphatic heterocycles. The van der Waals surface area contributed by atoms with E-state index in [9.17, 15) is 18.8 Å². The Bertz CT molecular complexity index is 881. The number of carboxylic acids is 1. The lowest BCUT2D eigenvalue weighted by molar-refractivity contribution is -0.139. The molecule has 1 aromatic heterocycles. The van der Waals surface area contributed by atoms with Gasteiger partial charge < -0.3 is 14.7 Å². The summed E-state index contributed by atoms with van der Waals surface area (Å²) in [7, 11) is 0. The van der Waals surface area contributed by atoms with Crippen LogP contribution in [0.1, 0.15) is 16.9 Å². The van der Waals surface area contributed by atoms with E-state index < -0.39 is 29.3 Å². The van der Waals surface area contributed by atoms with Crippen molar-refractivity contribution < 1.29 is 23.8 Å². The van der Waals surface area contributed by atoms with Crippen molar-refractivity contribution in [2.45, 2.75) is 12.5 Å². The molecule has 26 heavy (non-hydrogen) atoms. The molecule has 2 heterocycles. The average molecular weight is 361 g/mol. The van der Waals surface area contributed by atoms with E-state index in [2.05, 4.69) is 5.10 Å². The summed E-state index contributed by atoms with van der Waals surface area (Å²) in [5.41, 5.74) is -0.168. The van der Waals surface area contributed by atoms with E-state index in [4.69, 9.17) is 9.84 Å². The van der Waals surface area contributed by atoms with Gasteiger partial charge in [0.15, 0.2) is 0 Å². The smallest absolute Gasteiger partial charge is 0.305 e. The average Bonchev–Trinajstić information content (AvgIpc) is 2.62. The first-order chi connectivity index (χ1) is 12.5. The van der Waals surface area contributed by atoms with Crippen LogP contribution < -0.4 is 5.56 Å². The van der Waals surface area contributed by atoms with Crippen molar-refractivity contribution in [3.8, 4) is 5.69 Å². The maximum Gasteiger partial charge on any atom is 0.305 e. The molecule has 8 nitrogen and oxygen atoms in total. The van der Waals surface area contributed by atoms with Crippen LogP contribution in [0, 0.1) is 5.82 Å². The molecule has 2 aromatic rings. The van der Waals surface area contributed by atoms with Gasteiger partial charge in [0.2, 0.25) is 0 Å². The van der Waals surface area contributed by atoms with E-state index in [-0.39, 0.29) is 25.3 Å². The van der Waals surface area contributed by atoms with Gasteiger partial charge >= 0.3 is 5.97 Å². The summed E-state index contributed by atoms with van der Waals surface area (Å²) in [6.45, 7) is 0.642. The molecule has 1 amide bonds. The van der Waals surface area contributed by atoms with Crippen LogP contribution in [0.15, 0.2) is 41.2 Å². The number of ether oxygens (including phenoxy) is 1. The number of carbonyl (C=O) groups excluding carboxylic acids is 1. The zero-order valence-electron chi connectivity index (χ0n) is 13.7. The van der Waals surface area contributed by atoms with E-state index >= 15 is 0 Å². The Kier molecular flexibility index (Phi) is 5.08. The summed E-state index contributed by atoms with van der Waals surface area (Å²) in [5.74, 6) is -1.99. The second-order valence-corrected chi connectivity index (χ2v) is 5.77. The molecule has 0 radical (unpaired) electrons. The molecule has 0 aliphatic carbocycles. The Morgan fingerprint density at radius 2 is 1.96 bits per heavy atom.